The van der Waals surface area contributed by atoms with E-state index in [1.807, 2.05) is 0 Å². The van der Waals surface area contributed by atoms with Crippen molar-refractivity contribution in [2.24, 2.45) is 0 Å². The van der Waals surface area contributed by atoms with E-state index in [1.54, 1.807) is 0 Å². The summed E-state index contributed by atoms with van der Waals surface area (Å²) in [7, 11) is 2.63. The van der Waals surface area contributed by atoms with Crippen molar-refractivity contribution in [1.29, 1.82) is 0 Å². The third-order valence-corrected chi connectivity index (χ3v) is 2.22. The van der Waals surface area contributed by atoms with E-state index in [0.29, 0.717) is 6.04 Å². The summed E-state index contributed by atoms with van der Waals surface area (Å²) in [5, 5.41) is 0. The molecule has 0 bridgehead atoms. The van der Waals surface area contributed by atoms with Crippen LogP contribution in [-0.4, -0.2) is 17.3 Å². The molecule has 0 aliphatic rings. The Morgan fingerprint density at radius 3 is 2.50 bits per heavy atom. The average molecular weight is 260 g/mol. The van der Waals surface area contributed by atoms with Gasteiger partial charge in [0.2, 0.25) is 0 Å². The Labute approximate surface area is 104 Å². The van der Waals surface area contributed by atoms with E-state index in [-0.39, 0.29) is 32.7 Å². The third-order valence-electron chi connectivity index (χ3n) is 1.54. The van der Waals surface area contributed by atoms with Gasteiger partial charge in [-0.2, -0.15) is 0 Å². The van der Waals surface area contributed by atoms with Crippen LogP contribution in [0.4, 0.5) is 0 Å². The molecule has 0 saturated carbocycles. The molecule has 69 valence electrons. The van der Waals surface area contributed by atoms with Crippen molar-refractivity contribution in [2.45, 2.75) is 25.8 Å². The number of rotatable bonds is 5. The van der Waals surface area contributed by atoms with E-state index in [4.69, 9.17) is 0 Å². The maximum atomic E-state index is 3.99. The van der Waals surface area contributed by atoms with Gasteiger partial charge in [-0.25, -0.2) is 0 Å². The summed E-state index contributed by atoms with van der Waals surface area (Å²) in [6.45, 7) is 10.7. The molecule has 1 nitrogen and oxygen atoms in total. The second-order valence-corrected chi connectivity index (χ2v) is 3.17. The number of allylic oxidation sites excluding steroid dienone is 1. The van der Waals surface area contributed by atoms with Gasteiger partial charge in [-0.1, -0.05) is 28.5 Å². The molecule has 0 amide bonds. The van der Waals surface area contributed by atoms with Crippen LogP contribution in [0.15, 0.2) is 12.2 Å². The molecule has 2 unspecified atom stereocenters. The summed E-state index contributed by atoms with van der Waals surface area (Å²) in [5.74, 6) is 0. The Hall–Kier alpha value is 1.23. The Morgan fingerprint density at radius 1 is 1.50 bits per heavy atom. The minimum Gasteiger partial charge on any atom is -0.344 e. The molecular formula is C9H18NPY-2. The standard InChI is InChI=1S/C9H18NP.Y/c1-4-6-7-8-9(3)10(11)5-2;/h6-7,9H,2-5,8,11H2,1H3;/q-2;. The van der Waals surface area contributed by atoms with Gasteiger partial charge in [0, 0.05) is 32.7 Å². The van der Waals surface area contributed by atoms with Crippen LogP contribution >= 0.6 is 9.39 Å². The normalized spacial score (nSPS) is 13.4. The molecule has 0 aromatic carbocycles. The Morgan fingerprint density at radius 2 is 2.08 bits per heavy atom. The van der Waals surface area contributed by atoms with E-state index < -0.39 is 0 Å². The summed E-state index contributed by atoms with van der Waals surface area (Å²) in [6.07, 6.45) is 6.45. The van der Waals surface area contributed by atoms with Gasteiger partial charge in [0.05, 0.1) is 0 Å². The quantitative estimate of drug-likeness (QED) is 0.417. The molecule has 0 aliphatic carbocycles. The van der Waals surface area contributed by atoms with E-state index in [1.165, 1.54) is 0 Å². The molecule has 3 heteroatoms. The SMILES string of the molecule is [CH2-]CN(P)C([CH2-])CC=CCC.[Y]. The van der Waals surface area contributed by atoms with Crippen LogP contribution in [0.2, 0.25) is 0 Å². The smallest absolute Gasteiger partial charge is 0 e. The van der Waals surface area contributed by atoms with Crippen LogP contribution < -0.4 is 0 Å². The first kappa shape index (κ1) is 15.7. The summed E-state index contributed by atoms with van der Waals surface area (Å²) in [5.41, 5.74) is 0. The van der Waals surface area contributed by atoms with Gasteiger partial charge in [-0.15, -0.1) is 12.6 Å². The number of nitrogens with zero attached hydrogens (tertiary/aromatic N) is 1. The largest absolute Gasteiger partial charge is 0.344 e. The molecule has 0 spiro atoms. The molecule has 12 heavy (non-hydrogen) atoms. The first-order chi connectivity index (χ1) is 5.22. The summed E-state index contributed by atoms with van der Waals surface area (Å²) < 4.78 is 2.06. The van der Waals surface area contributed by atoms with Gasteiger partial charge >= 0.3 is 0 Å². The van der Waals surface area contributed by atoms with Crippen LogP contribution in [-0.2, 0) is 32.7 Å². The van der Waals surface area contributed by atoms with Crippen molar-refractivity contribution in [3.05, 3.63) is 26.0 Å². The minimum absolute atomic E-state index is 0. The fourth-order valence-corrected chi connectivity index (χ4v) is 0.860. The van der Waals surface area contributed by atoms with E-state index in [0.717, 1.165) is 19.4 Å². The topological polar surface area (TPSA) is 3.24 Å². The third kappa shape index (κ3) is 7.86. The second kappa shape index (κ2) is 10.3. The van der Waals surface area contributed by atoms with Gasteiger partial charge in [0.25, 0.3) is 0 Å². The molecule has 0 aliphatic heterocycles. The molecule has 0 rings (SSSR count). The minimum atomic E-state index is 0. The van der Waals surface area contributed by atoms with Gasteiger partial charge in [0.1, 0.15) is 0 Å². The molecule has 0 fully saturated rings. The number of hydrogen-bond acceptors (Lipinski definition) is 1. The molecule has 0 aromatic rings. The van der Waals surface area contributed by atoms with Gasteiger partial charge in [-0.3, -0.25) is 0 Å². The van der Waals surface area contributed by atoms with E-state index in [2.05, 4.69) is 47.0 Å². The first-order valence-corrected chi connectivity index (χ1v) is 4.52. The van der Waals surface area contributed by atoms with E-state index in [9.17, 15) is 0 Å². The maximum absolute atomic E-state index is 3.99. The fraction of sp³-hybridized carbons (Fsp3) is 0.556. The summed E-state index contributed by atoms with van der Waals surface area (Å²) in [6, 6.07) is 0.334. The van der Waals surface area contributed by atoms with Crippen LogP contribution in [0.5, 0.6) is 0 Å². The summed E-state index contributed by atoms with van der Waals surface area (Å²) >= 11 is 0. The predicted octanol–water partition coefficient (Wildman–Crippen LogP) is 2.47. The van der Waals surface area contributed by atoms with Crippen molar-refractivity contribution in [2.75, 3.05) is 6.54 Å². The molecule has 2 atom stereocenters. The van der Waals surface area contributed by atoms with Gasteiger partial charge in [0.15, 0.2) is 0 Å². The molecule has 0 saturated heterocycles. The van der Waals surface area contributed by atoms with Gasteiger partial charge < -0.3 is 18.5 Å². The molecule has 0 aromatic heterocycles. The molecule has 0 N–H and O–H groups in total. The zero-order chi connectivity index (χ0) is 8.69. The van der Waals surface area contributed by atoms with Crippen LogP contribution in [0.1, 0.15) is 19.8 Å². The average Bonchev–Trinajstić information content (AvgIpc) is 2.03. The summed E-state index contributed by atoms with van der Waals surface area (Å²) in [4.78, 5) is 0. The van der Waals surface area contributed by atoms with Crippen molar-refractivity contribution >= 4 is 9.39 Å². The Bertz CT molecular complexity index is 117. The van der Waals surface area contributed by atoms with Crippen molar-refractivity contribution in [3.63, 3.8) is 0 Å². The van der Waals surface area contributed by atoms with Crippen molar-refractivity contribution < 1.29 is 32.7 Å². The first-order valence-electron chi connectivity index (χ1n) is 4.01. The van der Waals surface area contributed by atoms with E-state index >= 15 is 0 Å². The Balaban J connectivity index is 0. The second-order valence-electron chi connectivity index (χ2n) is 2.51. The van der Waals surface area contributed by atoms with Crippen molar-refractivity contribution in [1.82, 2.24) is 4.67 Å². The molecule has 0 heterocycles. The van der Waals surface area contributed by atoms with Crippen LogP contribution in [0.25, 0.3) is 0 Å². The van der Waals surface area contributed by atoms with Crippen molar-refractivity contribution in [3.8, 4) is 0 Å². The van der Waals surface area contributed by atoms with Crippen LogP contribution in [0, 0.1) is 13.8 Å². The van der Waals surface area contributed by atoms with Crippen LogP contribution in [0.3, 0.4) is 0 Å². The monoisotopic (exact) mass is 260 g/mol. The maximum Gasteiger partial charge on any atom is 0 e. The number of hydrogen-bond donors (Lipinski definition) is 0. The fourth-order valence-electron chi connectivity index (χ4n) is 0.738. The molecule has 1 radical (unpaired) electrons. The van der Waals surface area contributed by atoms with Gasteiger partial charge in [-0.05, 0) is 12.8 Å². The molecular weight excluding hydrogens is 242 g/mol. The zero-order valence-electron chi connectivity index (χ0n) is 7.87. The predicted molar refractivity (Wildman–Crippen MR) is 55.0 cm³/mol. The zero-order valence-corrected chi connectivity index (χ0v) is 11.9. The Kier molecular flexibility index (Phi) is 13.5.